The fraction of sp³-hybridized carbons (Fsp3) is 0.900. The summed E-state index contributed by atoms with van der Waals surface area (Å²) in [5.41, 5.74) is -0.937. The average molecular weight is 264 g/mol. The number of ether oxygens (including phenoxy) is 1. The van der Waals surface area contributed by atoms with E-state index in [0.29, 0.717) is 4.83 Å². The van der Waals surface area contributed by atoms with Crippen LogP contribution in [0.3, 0.4) is 0 Å². The second-order valence-electron chi connectivity index (χ2n) is 5.02. The molecule has 0 aromatic heterocycles. The summed E-state index contributed by atoms with van der Waals surface area (Å²) in [5.74, 6) is -0.160. The Morgan fingerprint density at radius 1 is 1.57 bits per heavy atom. The average Bonchev–Trinajstić information content (AvgIpc) is 2.29. The minimum atomic E-state index is -0.526. The zero-order chi connectivity index (χ0) is 11.0. The van der Waals surface area contributed by atoms with E-state index >= 15 is 0 Å². The molecule has 0 bridgehead atoms. The van der Waals surface area contributed by atoms with Gasteiger partial charge < -0.3 is 10.1 Å². The highest BCUT2D eigenvalue weighted by Gasteiger charge is 2.42. The van der Waals surface area contributed by atoms with Crippen molar-refractivity contribution in [3.63, 3.8) is 0 Å². The molecular formula is C10H18BrNO2. The van der Waals surface area contributed by atoms with Crippen LogP contribution >= 0.6 is 15.9 Å². The first kappa shape index (κ1) is 12.0. The first-order valence-corrected chi connectivity index (χ1v) is 5.77. The fourth-order valence-electron chi connectivity index (χ4n) is 1.47. The quantitative estimate of drug-likeness (QED) is 0.580. The maximum absolute atomic E-state index is 11.8. The normalized spacial score (nSPS) is 33.1. The van der Waals surface area contributed by atoms with Crippen LogP contribution in [-0.2, 0) is 9.53 Å². The molecule has 14 heavy (non-hydrogen) atoms. The first-order chi connectivity index (χ1) is 6.23. The minimum absolute atomic E-state index is 0.160. The number of rotatable bonds is 1. The number of hydrogen-bond donors (Lipinski definition) is 1. The molecule has 0 saturated carbocycles. The summed E-state index contributed by atoms with van der Waals surface area (Å²) in [6.07, 6.45) is 0.780. The van der Waals surface area contributed by atoms with Crippen LogP contribution in [0.5, 0.6) is 0 Å². The van der Waals surface area contributed by atoms with Gasteiger partial charge in [0.1, 0.15) is 11.1 Å². The molecule has 1 saturated heterocycles. The number of hydrogen-bond acceptors (Lipinski definition) is 3. The molecule has 0 aromatic rings. The molecule has 4 heteroatoms. The lowest BCUT2D eigenvalue weighted by atomic mass is 10.0. The van der Waals surface area contributed by atoms with E-state index in [2.05, 4.69) is 21.2 Å². The van der Waals surface area contributed by atoms with Crippen molar-refractivity contribution in [2.45, 2.75) is 50.1 Å². The predicted molar refractivity (Wildman–Crippen MR) is 59.6 cm³/mol. The Hall–Kier alpha value is -0.0900. The SMILES string of the molecule is CC(C)(C)OC(=O)[C@@]1(C)C[C@@H](Br)CN1. The van der Waals surface area contributed by atoms with Gasteiger partial charge in [0.15, 0.2) is 0 Å². The molecular weight excluding hydrogens is 246 g/mol. The van der Waals surface area contributed by atoms with Crippen LogP contribution in [0.25, 0.3) is 0 Å². The van der Waals surface area contributed by atoms with Gasteiger partial charge in [-0.05, 0) is 34.1 Å². The summed E-state index contributed by atoms with van der Waals surface area (Å²) in [7, 11) is 0. The van der Waals surface area contributed by atoms with Crippen LogP contribution in [-0.4, -0.2) is 28.5 Å². The van der Waals surface area contributed by atoms with Crippen molar-refractivity contribution in [1.82, 2.24) is 5.32 Å². The standard InChI is InChI=1S/C10H18BrNO2/c1-9(2,3)14-8(13)10(4)5-7(11)6-12-10/h7,12H,5-6H2,1-4H3/t7-,10-/m1/s1. The lowest BCUT2D eigenvalue weighted by Crippen LogP contribution is -2.48. The monoisotopic (exact) mass is 263 g/mol. The maximum atomic E-state index is 11.8. The fourth-order valence-corrected chi connectivity index (χ4v) is 2.28. The van der Waals surface area contributed by atoms with Crippen molar-refractivity contribution in [1.29, 1.82) is 0 Å². The molecule has 1 aliphatic rings. The van der Waals surface area contributed by atoms with Gasteiger partial charge in [0.25, 0.3) is 0 Å². The highest BCUT2D eigenvalue weighted by molar-refractivity contribution is 9.09. The molecule has 1 aliphatic heterocycles. The van der Waals surface area contributed by atoms with E-state index in [1.807, 2.05) is 27.7 Å². The first-order valence-electron chi connectivity index (χ1n) is 4.85. The summed E-state index contributed by atoms with van der Waals surface area (Å²) in [6.45, 7) is 8.36. The summed E-state index contributed by atoms with van der Waals surface area (Å²) in [6, 6.07) is 0. The molecule has 3 nitrogen and oxygen atoms in total. The Bertz CT molecular complexity index is 237. The second kappa shape index (κ2) is 3.81. The van der Waals surface area contributed by atoms with E-state index < -0.39 is 11.1 Å². The largest absolute Gasteiger partial charge is 0.459 e. The van der Waals surface area contributed by atoms with E-state index in [0.717, 1.165) is 13.0 Å². The summed E-state index contributed by atoms with van der Waals surface area (Å²) in [5, 5.41) is 3.18. The van der Waals surface area contributed by atoms with Gasteiger partial charge in [-0.25, -0.2) is 0 Å². The maximum Gasteiger partial charge on any atom is 0.326 e. The lowest BCUT2D eigenvalue weighted by molar-refractivity contribution is -0.161. The zero-order valence-electron chi connectivity index (χ0n) is 9.19. The topological polar surface area (TPSA) is 38.3 Å². The lowest BCUT2D eigenvalue weighted by Gasteiger charge is -2.28. The third-order valence-corrected chi connectivity index (χ3v) is 2.84. The molecule has 0 radical (unpaired) electrons. The molecule has 2 atom stereocenters. The third kappa shape index (κ3) is 2.95. The Balaban J connectivity index is 2.61. The van der Waals surface area contributed by atoms with Crippen LogP contribution in [0.2, 0.25) is 0 Å². The minimum Gasteiger partial charge on any atom is -0.459 e. The van der Waals surface area contributed by atoms with E-state index in [4.69, 9.17) is 4.74 Å². The van der Waals surface area contributed by atoms with Gasteiger partial charge >= 0.3 is 5.97 Å². The number of carbonyl (C=O) groups is 1. The summed E-state index contributed by atoms with van der Waals surface area (Å²) < 4.78 is 5.35. The molecule has 0 aliphatic carbocycles. The van der Waals surface area contributed by atoms with E-state index in [9.17, 15) is 4.79 Å². The van der Waals surface area contributed by atoms with Crippen molar-refractivity contribution in [2.24, 2.45) is 0 Å². The number of esters is 1. The van der Waals surface area contributed by atoms with Gasteiger partial charge in [0.2, 0.25) is 0 Å². The van der Waals surface area contributed by atoms with Crippen LogP contribution in [0.1, 0.15) is 34.1 Å². The molecule has 1 fully saturated rings. The van der Waals surface area contributed by atoms with Gasteiger partial charge in [-0.3, -0.25) is 4.79 Å². The van der Waals surface area contributed by atoms with E-state index in [1.54, 1.807) is 0 Å². The van der Waals surface area contributed by atoms with E-state index in [-0.39, 0.29) is 5.97 Å². The molecule has 0 aromatic carbocycles. The summed E-state index contributed by atoms with van der Waals surface area (Å²) >= 11 is 3.49. The van der Waals surface area contributed by atoms with Crippen molar-refractivity contribution < 1.29 is 9.53 Å². The van der Waals surface area contributed by atoms with Crippen LogP contribution < -0.4 is 5.32 Å². The van der Waals surface area contributed by atoms with Crippen molar-refractivity contribution >= 4 is 21.9 Å². The molecule has 1 heterocycles. The Labute approximate surface area is 93.7 Å². The number of alkyl halides is 1. The molecule has 1 N–H and O–H groups in total. The van der Waals surface area contributed by atoms with Crippen molar-refractivity contribution in [3.8, 4) is 0 Å². The second-order valence-corrected chi connectivity index (χ2v) is 6.31. The van der Waals surface area contributed by atoms with Crippen molar-refractivity contribution in [2.75, 3.05) is 6.54 Å². The molecule has 0 spiro atoms. The van der Waals surface area contributed by atoms with Gasteiger partial charge in [0, 0.05) is 11.4 Å². The third-order valence-electron chi connectivity index (χ3n) is 2.19. The Morgan fingerprint density at radius 2 is 2.14 bits per heavy atom. The Morgan fingerprint density at radius 3 is 2.50 bits per heavy atom. The van der Waals surface area contributed by atoms with Gasteiger partial charge in [-0.15, -0.1) is 0 Å². The Kier molecular flexibility index (Phi) is 3.26. The molecule has 1 rings (SSSR count). The van der Waals surface area contributed by atoms with Crippen LogP contribution in [0.4, 0.5) is 0 Å². The predicted octanol–water partition coefficient (Wildman–Crippen LogP) is 1.84. The van der Waals surface area contributed by atoms with Gasteiger partial charge in [-0.2, -0.15) is 0 Å². The molecule has 0 amide bonds. The number of nitrogens with one attached hydrogen (secondary N) is 1. The van der Waals surface area contributed by atoms with Gasteiger partial charge in [0.05, 0.1) is 0 Å². The van der Waals surface area contributed by atoms with E-state index in [1.165, 1.54) is 0 Å². The number of carbonyl (C=O) groups excluding carboxylic acids is 1. The van der Waals surface area contributed by atoms with Crippen molar-refractivity contribution in [3.05, 3.63) is 0 Å². The smallest absolute Gasteiger partial charge is 0.326 e. The highest BCUT2D eigenvalue weighted by Crippen LogP contribution is 2.26. The van der Waals surface area contributed by atoms with Crippen LogP contribution in [0.15, 0.2) is 0 Å². The molecule has 0 unspecified atom stereocenters. The van der Waals surface area contributed by atoms with Crippen LogP contribution in [0, 0.1) is 0 Å². The number of halogens is 1. The summed E-state index contributed by atoms with van der Waals surface area (Å²) in [4.78, 5) is 12.2. The molecule has 82 valence electrons. The highest BCUT2D eigenvalue weighted by atomic mass is 79.9. The van der Waals surface area contributed by atoms with Gasteiger partial charge in [-0.1, -0.05) is 15.9 Å². The zero-order valence-corrected chi connectivity index (χ0v) is 10.8.